The fraction of sp³-hybridized carbons (Fsp3) is 0.500. The van der Waals surface area contributed by atoms with Crippen molar-refractivity contribution in [2.45, 2.75) is 63.7 Å². The lowest BCUT2D eigenvalue weighted by Gasteiger charge is -2.32. The molecule has 2 aliphatic heterocycles. The molecule has 7 rings (SSSR count). The third-order valence-corrected chi connectivity index (χ3v) is 9.76. The summed E-state index contributed by atoms with van der Waals surface area (Å²) in [6.07, 6.45) is 4.67. The molecule has 2 saturated heterocycles. The smallest absolute Gasteiger partial charge is 0.255 e. The van der Waals surface area contributed by atoms with Gasteiger partial charge in [0.2, 0.25) is 5.91 Å². The zero-order chi connectivity index (χ0) is 31.4. The SMILES string of the molecule is COCC(=O)N1CCC(c2cc(F)cc3cc(-c4nn5cc(C(=O)N6C[C@H](N)C[C@@H](F)C6)ccc5c4C)n(CC4CC4)c23)CC1. The van der Waals surface area contributed by atoms with Crippen molar-refractivity contribution in [1.29, 1.82) is 0 Å². The van der Waals surface area contributed by atoms with Gasteiger partial charge >= 0.3 is 0 Å². The van der Waals surface area contributed by atoms with Crippen LogP contribution in [0.4, 0.5) is 8.78 Å². The Morgan fingerprint density at radius 2 is 1.84 bits per heavy atom. The quantitative estimate of drug-likeness (QED) is 0.325. The van der Waals surface area contributed by atoms with Crippen LogP contribution in [0.3, 0.4) is 0 Å². The van der Waals surface area contributed by atoms with Crippen molar-refractivity contribution >= 4 is 28.2 Å². The lowest BCUT2D eigenvalue weighted by atomic mass is 9.88. The number of benzene rings is 1. The molecule has 3 fully saturated rings. The Morgan fingerprint density at radius 1 is 1.07 bits per heavy atom. The largest absolute Gasteiger partial charge is 0.375 e. The molecule has 0 radical (unpaired) electrons. The third-order valence-electron chi connectivity index (χ3n) is 9.76. The molecule has 4 aromatic rings. The average Bonchev–Trinajstić information content (AvgIpc) is 3.69. The van der Waals surface area contributed by atoms with E-state index in [1.165, 1.54) is 12.0 Å². The number of ether oxygens (including phenoxy) is 1. The molecule has 3 aromatic heterocycles. The summed E-state index contributed by atoms with van der Waals surface area (Å²) in [7, 11) is 1.52. The van der Waals surface area contributed by atoms with Gasteiger partial charge in [-0.2, -0.15) is 5.10 Å². The molecule has 1 aliphatic carbocycles. The van der Waals surface area contributed by atoms with Gasteiger partial charge in [0.1, 0.15) is 24.3 Å². The van der Waals surface area contributed by atoms with Crippen molar-refractivity contribution in [1.82, 2.24) is 24.0 Å². The van der Waals surface area contributed by atoms with Crippen molar-refractivity contribution in [3.05, 3.63) is 59.0 Å². The Hall–Kier alpha value is -3.83. The Morgan fingerprint density at radius 3 is 2.56 bits per heavy atom. The van der Waals surface area contributed by atoms with E-state index in [0.29, 0.717) is 31.1 Å². The average molecular weight is 619 g/mol. The number of nitrogens with zero attached hydrogens (tertiary/aromatic N) is 5. The Bertz CT molecular complexity index is 1760. The summed E-state index contributed by atoms with van der Waals surface area (Å²) in [5.41, 5.74) is 12.0. The van der Waals surface area contributed by atoms with E-state index in [4.69, 9.17) is 15.6 Å². The van der Waals surface area contributed by atoms with Crippen LogP contribution in [0.25, 0.3) is 27.8 Å². The summed E-state index contributed by atoms with van der Waals surface area (Å²) < 4.78 is 38.4. The summed E-state index contributed by atoms with van der Waals surface area (Å²) in [4.78, 5) is 29.0. The highest BCUT2D eigenvalue weighted by atomic mass is 19.1. The second-order valence-corrected chi connectivity index (χ2v) is 13.1. The maximum Gasteiger partial charge on any atom is 0.255 e. The number of halogens is 2. The fourth-order valence-corrected chi connectivity index (χ4v) is 7.29. The van der Waals surface area contributed by atoms with Crippen molar-refractivity contribution in [2.75, 3.05) is 39.9 Å². The highest BCUT2D eigenvalue weighted by molar-refractivity contribution is 5.95. The topological polar surface area (TPSA) is 98.1 Å². The molecular weight excluding hydrogens is 578 g/mol. The van der Waals surface area contributed by atoms with Crippen LogP contribution in [0.1, 0.15) is 59.5 Å². The van der Waals surface area contributed by atoms with Crippen LogP contribution < -0.4 is 5.73 Å². The molecule has 9 nitrogen and oxygen atoms in total. The van der Waals surface area contributed by atoms with E-state index in [1.807, 2.05) is 24.0 Å². The summed E-state index contributed by atoms with van der Waals surface area (Å²) in [5.74, 6) is 0.134. The molecule has 3 aliphatic rings. The number of rotatable bonds is 7. The van der Waals surface area contributed by atoms with Gasteiger partial charge in [0.25, 0.3) is 5.91 Å². The van der Waals surface area contributed by atoms with Gasteiger partial charge in [-0.15, -0.1) is 0 Å². The summed E-state index contributed by atoms with van der Waals surface area (Å²) >= 11 is 0. The van der Waals surface area contributed by atoms with Crippen LogP contribution in [0, 0.1) is 18.7 Å². The molecule has 1 aromatic carbocycles. The lowest BCUT2D eigenvalue weighted by molar-refractivity contribution is -0.136. The maximum absolute atomic E-state index is 15.2. The molecular formula is C34H40F2N6O3. The minimum absolute atomic E-state index is 0.0157. The van der Waals surface area contributed by atoms with Crippen LogP contribution in [0.15, 0.2) is 36.5 Å². The number of pyridine rings is 1. The highest BCUT2D eigenvalue weighted by Gasteiger charge is 2.31. The second-order valence-electron chi connectivity index (χ2n) is 13.1. The van der Waals surface area contributed by atoms with Gasteiger partial charge in [0.05, 0.1) is 28.8 Å². The van der Waals surface area contributed by atoms with Gasteiger partial charge in [0.15, 0.2) is 0 Å². The van der Waals surface area contributed by atoms with Crippen LogP contribution in [0.5, 0.6) is 0 Å². The number of fused-ring (bicyclic) bond motifs is 2. The van der Waals surface area contributed by atoms with Crippen LogP contribution in [-0.2, 0) is 16.1 Å². The number of carbonyl (C=O) groups excluding carboxylic acids is 2. The van der Waals surface area contributed by atoms with E-state index >= 15 is 4.39 Å². The van der Waals surface area contributed by atoms with E-state index < -0.39 is 6.17 Å². The molecule has 238 valence electrons. The predicted molar refractivity (Wildman–Crippen MR) is 167 cm³/mol. The van der Waals surface area contributed by atoms with Gasteiger partial charge in [-0.05, 0) is 86.8 Å². The first-order chi connectivity index (χ1) is 21.7. The zero-order valence-corrected chi connectivity index (χ0v) is 25.8. The number of alkyl halides is 1. The number of carbonyl (C=O) groups is 2. The molecule has 5 heterocycles. The first kappa shape index (κ1) is 29.9. The standard InChI is InChI=1S/C34H40F2N6O3/c1-20-29-6-5-23(34(44)40-17-26(36)13-27(37)18-40)16-42(29)38-32(20)30-12-24-11-25(35)14-28(33(24)41(30)15-21-3-4-21)22-7-9-39(10-8-22)31(43)19-45-2/h5-6,11-12,14,16,21-22,26-27H,3-4,7-10,13,15,17-19,37H2,1-2H3/t26-,27-/m1/s1. The number of hydrogen-bond acceptors (Lipinski definition) is 5. The number of hydrogen-bond donors (Lipinski definition) is 1. The van der Waals surface area contributed by atoms with Crippen LogP contribution >= 0.6 is 0 Å². The van der Waals surface area contributed by atoms with Crippen molar-refractivity contribution in [2.24, 2.45) is 11.7 Å². The zero-order valence-electron chi connectivity index (χ0n) is 25.8. The van der Waals surface area contributed by atoms with Gasteiger partial charge in [-0.3, -0.25) is 9.59 Å². The lowest BCUT2D eigenvalue weighted by Crippen LogP contribution is -2.50. The number of methoxy groups -OCH3 is 1. The number of amides is 2. The van der Waals surface area contributed by atoms with E-state index in [0.717, 1.165) is 71.2 Å². The Balaban J connectivity index is 1.26. The number of aryl methyl sites for hydroxylation is 1. The van der Waals surface area contributed by atoms with Crippen molar-refractivity contribution in [3.8, 4) is 11.4 Å². The maximum atomic E-state index is 15.2. The van der Waals surface area contributed by atoms with Crippen molar-refractivity contribution < 1.29 is 23.1 Å². The molecule has 0 unspecified atom stereocenters. The molecule has 2 atom stereocenters. The highest BCUT2D eigenvalue weighted by Crippen LogP contribution is 2.41. The normalized spacial score (nSPS) is 21.3. The molecule has 0 spiro atoms. The van der Waals surface area contributed by atoms with E-state index in [-0.39, 0.29) is 49.2 Å². The van der Waals surface area contributed by atoms with Gasteiger partial charge in [-0.25, -0.2) is 13.3 Å². The van der Waals surface area contributed by atoms with Crippen LogP contribution in [0.2, 0.25) is 0 Å². The first-order valence-corrected chi connectivity index (χ1v) is 16.0. The van der Waals surface area contributed by atoms with E-state index in [1.54, 1.807) is 28.9 Å². The molecule has 45 heavy (non-hydrogen) atoms. The number of piperidine rings is 2. The predicted octanol–water partition coefficient (Wildman–Crippen LogP) is 4.68. The summed E-state index contributed by atoms with van der Waals surface area (Å²) in [6, 6.07) is 8.59. The molecule has 0 bridgehead atoms. The number of aromatic nitrogens is 3. The van der Waals surface area contributed by atoms with Crippen LogP contribution in [-0.4, -0.2) is 87.9 Å². The first-order valence-electron chi connectivity index (χ1n) is 16.0. The summed E-state index contributed by atoms with van der Waals surface area (Å²) in [5, 5.41) is 5.81. The monoisotopic (exact) mass is 618 g/mol. The summed E-state index contributed by atoms with van der Waals surface area (Å²) in [6.45, 7) is 4.50. The molecule has 2 N–H and O–H groups in total. The van der Waals surface area contributed by atoms with E-state index in [9.17, 15) is 14.0 Å². The fourth-order valence-electron chi connectivity index (χ4n) is 7.29. The minimum atomic E-state index is -1.13. The molecule has 1 saturated carbocycles. The molecule has 11 heteroatoms. The van der Waals surface area contributed by atoms with Gasteiger partial charge < -0.3 is 24.8 Å². The second kappa shape index (κ2) is 11.8. The van der Waals surface area contributed by atoms with E-state index in [2.05, 4.69) is 4.57 Å². The van der Waals surface area contributed by atoms with Gasteiger partial charge in [-0.1, -0.05) is 0 Å². The Kier molecular flexibility index (Phi) is 7.85. The van der Waals surface area contributed by atoms with Gasteiger partial charge in [0, 0.05) is 56.5 Å². The number of nitrogens with two attached hydrogens (primary N) is 1. The van der Waals surface area contributed by atoms with Crippen molar-refractivity contribution in [3.63, 3.8) is 0 Å². The molecule has 2 amide bonds. The number of likely N-dealkylation sites (tertiary alicyclic amines) is 2. The Labute approximate surface area is 260 Å². The third kappa shape index (κ3) is 5.72. The minimum Gasteiger partial charge on any atom is -0.375 e.